The topological polar surface area (TPSA) is 46.1 Å². The van der Waals surface area contributed by atoms with Crippen LogP contribution in [0.4, 0.5) is 5.69 Å². The Labute approximate surface area is 168 Å². The van der Waals surface area contributed by atoms with E-state index in [0.29, 0.717) is 19.8 Å². The Balaban J connectivity index is 1.51. The molecule has 2 aliphatic heterocycles. The molecule has 2 aromatic rings. The van der Waals surface area contributed by atoms with Gasteiger partial charge in [0.25, 0.3) is 0 Å². The zero-order valence-corrected chi connectivity index (χ0v) is 16.8. The Morgan fingerprint density at radius 3 is 2.37 bits per heavy atom. The van der Waals surface area contributed by atoms with E-state index in [1.807, 2.05) is 36.4 Å². The molecule has 0 aliphatic carbocycles. The predicted octanol–water partition coefficient (Wildman–Crippen LogP) is 4.26. The van der Waals surface area contributed by atoms with Gasteiger partial charge in [0.15, 0.2) is 11.7 Å². The molecule has 0 aromatic heterocycles. The second-order valence-electron chi connectivity index (χ2n) is 6.82. The van der Waals surface area contributed by atoms with Crippen LogP contribution in [0.1, 0.15) is 18.4 Å². The van der Waals surface area contributed by atoms with Crippen molar-refractivity contribution in [1.29, 1.82) is 0 Å². The van der Waals surface area contributed by atoms with Crippen LogP contribution >= 0.6 is 15.9 Å². The molecule has 0 unspecified atom stereocenters. The number of anilines is 1. The Hall–Kier alpha value is -1.89. The highest BCUT2D eigenvalue weighted by molar-refractivity contribution is 9.10. The second kappa shape index (κ2) is 8.42. The first-order valence-corrected chi connectivity index (χ1v) is 10.2. The number of hydrogen-bond donors (Lipinski definition) is 1. The third kappa shape index (κ3) is 4.51. The van der Waals surface area contributed by atoms with Gasteiger partial charge in [-0.1, -0.05) is 42.5 Å². The minimum absolute atomic E-state index is 0.381. The highest BCUT2D eigenvalue weighted by Gasteiger charge is 2.40. The Kier molecular flexibility index (Phi) is 5.76. The lowest BCUT2D eigenvalue weighted by Gasteiger charge is -2.39. The van der Waals surface area contributed by atoms with Gasteiger partial charge in [-0.2, -0.15) is 0 Å². The van der Waals surface area contributed by atoms with E-state index in [-0.39, 0.29) is 5.79 Å². The van der Waals surface area contributed by atoms with E-state index in [1.54, 1.807) is 0 Å². The van der Waals surface area contributed by atoms with E-state index in [0.717, 1.165) is 42.1 Å². The fourth-order valence-electron chi connectivity index (χ4n) is 3.50. The summed E-state index contributed by atoms with van der Waals surface area (Å²) in [6, 6.07) is 18.4. The molecule has 0 atom stereocenters. The number of benzene rings is 2. The van der Waals surface area contributed by atoms with Crippen LogP contribution in [0.25, 0.3) is 0 Å². The first-order chi connectivity index (χ1) is 13.2. The third-order valence-corrected chi connectivity index (χ3v) is 5.70. The summed E-state index contributed by atoms with van der Waals surface area (Å²) in [5, 5.41) is 3.51. The molecule has 5 nitrogen and oxygen atoms in total. The van der Waals surface area contributed by atoms with Gasteiger partial charge >= 0.3 is 0 Å². The SMILES string of the molecule is Brc1ccccc1NC(=NCc1ccccc1)N1CCC2(CC1)OCCO2. The monoisotopic (exact) mass is 429 g/mol. The molecule has 0 bridgehead atoms. The van der Waals surface area contributed by atoms with Crippen molar-refractivity contribution in [3.8, 4) is 0 Å². The molecule has 2 aliphatic rings. The largest absolute Gasteiger partial charge is 0.347 e. The Bertz CT molecular complexity index is 781. The molecule has 142 valence electrons. The van der Waals surface area contributed by atoms with Crippen molar-refractivity contribution >= 4 is 27.6 Å². The molecule has 0 radical (unpaired) electrons. The maximum atomic E-state index is 5.86. The van der Waals surface area contributed by atoms with Gasteiger partial charge in [-0.25, -0.2) is 4.99 Å². The second-order valence-corrected chi connectivity index (χ2v) is 7.68. The fourth-order valence-corrected chi connectivity index (χ4v) is 3.88. The van der Waals surface area contributed by atoms with Crippen molar-refractivity contribution in [1.82, 2.24) is 4.90 Å². The van der Waals surface area contributed by atoms with Crippen LogP contribution in [0, 0.1) is 0 Å². The third-order valence-electron chi connectivity index (χ3n) is 5.01. The van der Waals surface area contributed by atoms with Gasteiger partial charge < -0.3 is 19.7 Å². The van der Waals surface area contributed by atoms with Crippen molar-refractivity contribution in [2.45, 2.75) is 25.2 Å². The fraction of sp³-hybridized carbons (Fsp3) is 0.381. The molecule has 6 heteroatoms. The number of likely N-dealkylation sites (tertiary alicyclic amines) is 1. The van der Waals surface area contributed by atoms with E-state index in [9.17, 15) is 0 Å². The number of piperidine rings is 1. The van der Waals surface area contributed by atoms with Crippen LogP contribution in [0.3, 0.4) is 0 Å². The summed E-state index contributed by atoms with van der Waals surface area (Å²) in [5.74, 6) is 0.507. The Morgan fingerprint density at radius 1 is 1.00 bits per heavy atom. The number of halogens is 1. The van der Waals surface area contributed by atoms with Crippen LogP contribution in [0.2, 0.25) is 0 Å². The lowest BCUT2D eigenvalue weighted by atomic mass is 10.0. The normalized spacial score (nSPS) is 19.4. The smallest absolute Gasteiger partial charge is 0.198 e. The summed E-state index contributed by atoms with van der Waals surface area (Å²) >= 11 is 3.62. The van der Waals surface area contributed by atoms with Crippen LogP contribution in [-0.4, -0.2) is 42.9 Å². The molecule has 27 heavy (non-hydrogen) atoms. The minimum Gasteiger partial charge on any atom is -0.347 e. The van der Waals surface area contributed by atoms with Gasteiger partial charge in [0.2, 0.25) is 0 Å². The summed E-state index contributed by atoms with van der Waals surface area (Å²) in [6.07, 6.45) is 1.71. The van der Waals surface area contributed by atoms with Crippen LogP contribution < -0.4 is 5.32 Å². The van der Waals surface area contributed by atoms with E-state index in [4.69, 9.17) is 14.5 Å². The van der Waals surface area contributed by atoms with E-state index < -0.39 is 0 Å². The molecule has 2 aromatic carbocycles. The lowest BCUT2D eigenvalue weighted by molar-refractivity contribution is -0.180. The summed E-state index contributed by atoms with van der Waals surface area (Å²) in [6.45, 7) is 3.74. The van der Waals surface area contributed by atoms with Crippen molar-refractivity contribution in [3.05, 3.63) is 64.6 Å². The maximum absolute atomic E-state index is 5.86. The average molecular weight is 430 g/mol. The number of aliphatic imine (C=N–C) groups is 1. The molecule has 1 N–H and O–H groups in total. The van der Waals surface area contributed by atoms with Crippen molar-refractivity contribution in [2.24, 2.45) is 4.99 Å². The molecule has 4 rings (SSSR count). The standard InChI is InChI=1S/C21H24BrN3O2/c22-18-8-4-5-9-19(18)24-20(23-16-17-6-2-1-3-7-17)25-12-10-21(11-13-25)26-14-15-27-21/h1-9H,10-16H2,(H,23,24). The van der Waals surface area contributed by atoms with Gasteiger partial charge in [-0.05, 0) is 33.6 Å². The lowest BCUT2D eigenvalue weighted by Crippen LogP contribution is -2.49. The number of ether oxygens (including phenoxy) is 2. The number of hydrogen-bond acceptors (Lipinski definition) is 3. The number of nitrogens with one attached hydrogen (secondary N) is 1. The number of rotatable bonds is 3. The summed E-state index contributed by atoms with van der Waals surface area (Å²) in [5.41, 5.74) is 2.21. The minimum atomic E-state index is -0.381. The molecule has 2 heterocycles. The molecular formula is C21H24BrN3O2. The van der Waals surface area contributed by atoms with Crippen molar-refractivity contribution in [2.75, 3.05) is 31.6 Å². The number of guanidine groups is 1. The van der Waals surface area contributed by atoms with E-state index in [2.05, 4.69) is 44.3 Å². The number of para-hydroxylation sites is 1. The van der Waals surface area contributed by atoms with Crippen molar-refractivity contribution in [3.63, 3.8) is 0 Å². The summed E-state index contributed by atoms with van der Waals surface area (Å²) in [4.78, 5) is 7.19. The Morgan fingerprint density at radius 2 is 1.67 bits per heavy atom. The molecular weight excluding hydrogens is 406 g/mol. The number of nitrogens with zero attached hydrogens (tertiary/aromatic N) is 2. The van der Waals surface area contributed by atoms with Crippen molar-refractivity contribution < 1.29 is 9.47 Å². The van der Waals surface area contributed by atoms with Gasteiger partial charge in [0.05, 0.1) is 25.4 Å². The zero-order chi connectivity index (χ0) is 18.5. The van der Waals surface area contributed by atoms with Crippen LogP contribution in [0.5, 0.6) is 0 Å². The zero-order valence-electron chi connectivity index (χ0n) is 15.2. The van der Waals surface area contributed by atoms with Gasteiger partial charge in [-0.3, -0.25) is 0 Å². The van der Waals surface area contributed by atoms with Crippen LogP contribution in [-0.2, 0) is 16.0 Å². The predicted molar refractivity (Wildman–Crippen MR) is 111 cm³/mol. The first-order valence-electron chi connectivity index (χ1n) is 9.37. The average Bonchev–Trinajstić information content (AvgIpc) is 3.16. The quantitative estimate of drug-likeness (QED) is 0.584. The highest BCUT2D eigenvalue weighted by Crippen LogP contribution is 2.32. The summed E-state index contributed by atoms with van der Waals surface area (Å²) in [7, 11) is 0. The van der Waals surface area contributed by atoms with Gasteiger partial charge in [0, 0.05) is 30.4 Å². The van der Waals surface area contributed by atoms with Crippen LogP contribution in [0.15, 0.2) is 64.1 Å². The molecule has 2 fully saturated rings. The molecule has 1 spiro atoms. The molecule has 0 saturated carbocycles. The maximum Gasteiger partial charge on any atom is 0.198 e. The van der Waals surface area contributed by atoms with Gasteiger partial charge in [0.1, 0.15) is 0 Å². The van der Waals surface area contributed by atoms with E-state index >= 15 is 0 Å². The first kappa shape index (κ1) is 18.5. The summed E-state index contributed by atoms with van der Waals surface area (Å²) < 4.78 is 12.7. The highest BCUT2D eigenvalue weighted by atomic mass is 79.9. The molecule has 2 saturated heterocycles. The van der Waals surface area contributed by atoms with E-state index in [1.165, 1.54) is 5.56 Å². The van der Waals surface area contributed by atoms with Gasteiger partial charge in [-0.15, -0.1) is 0 Å². The molecule has 0 amide bonds.